The van der Waals surface area contributed by atoms with Crippen LogP contribution in [0.5, 0.6) is 0 Å². The molecule has 6 nitrogen and oxygen atoms in total. The van der Waals surface area contributed by atoms with Crippen LogP contribution in [0.3, 0.4) is 0 Å². The smallest absolute Gasteiger partial charge is 0.774 e. The van der Waals surface area contributed by atoms with E-state index in [2.05, 4.69) is 35.3 Å². The first kappa shape index (κ1) is 22.5. The Hall–Kier alpha value is 1.25. The second-order valence-electron chi connectivity index (χ2n) is 0.231. The van der Waals surface area contributed by atoms with Crippen LogP contribution >= 0.6 is 35.3 Å². The van der Waals surface area contributed by atoms with Gasteiger partial charge in [-0.15, -0.1) is 0 Å². The van der Waals surface area contributed by atoms with E-state index in [9.17, 15) is 0 Å². The average molecular weight is 302 g/mol. The number of nitrogens with one attached hydrogen (secondary N) is 3. The Kier molecular flexibility index (Phi) is 109. The van der Waals surface area contributed by atoms with Gasteiger partial charge in [-0.05, 0) is 35.3 Å². The predicted molar refractivity (Wildman–Crippen MR) is 37.1 cm³/mol. The molecule has 0 saturated carbocycles. The van der Waals surface area contributed by atoms with E-state index in [1.54, 1.807) is 0 Å². The van der Waals surface area contributed by atoms with Crippen LogP contribution in [-0.4, -0.2) is 0 Å². The van der Waals surface area contributed by atoms with Gasteiger partial charge in [-0.1, -0.05) is 0 Å². The molecule has 0 aliphatic heterocycles. The topological polar surface area (TPSA) is 105 Å². The van der Waals surface area contributed by atoms with Crippen LogP contribution in [0.25, 0.3) is 0 Å². The third-order valence-corrected chi connectivity index (χ3v) is 0. The molecule has 0 heterocycles. The van der Waals surface area contributed by atoms with E-state index in [0.717, 1.165) is 15.0 Å². The first-order chi connectivity index (χ1) is 4.24. The fraction of sp³-hybridized carbons (Fsp3) is 0. The molecule has 66 valence electrons. The Morgan fingerprint density at radius 2 is 0.700 bits per heavy atom. The number of hydrogen-bond acceptors (Lipinski definition) is 6. The van der Waals surface area contributed by atoms with Gasteiger partial charge < -0.3 is 30.6 Å². The van der Waals surface area contributed by atoms with Crippen LogP contribution in [0.1, 0.15) is 0 Å². The number of hydrogen-bond donors (Lipinski definition) is 3. The Labute approximate surface area is 85.4 Å². The molecule has 0 aromatic rings. The van der Waals surface area contributed by atoms with E-state index >= 15 is 0 Å². The van der Waals surface area contributed by atoms with Crippen LogP contribution in [0.2, 0.25) is 0 Å². The van der Waals surface area contributed by atoms with Gasteiger partial charge in [-0.3, -0.25) is 0 Å². The summed E-state index contributed by atoms with van der Waals surface area (Å²) in [5, 5.41) is 25.3. The fourth-order valence-corrected chi connectivity index (χ4v) is 0. The maximum Gasteiger partial charge on any atom is 3.00 e. The van der Waals surface area contributed by atoms with Crippen molar-refractivity contribution in [2.45, 2.75) is 0 Å². The SMILES string of the molecule is [O-]NCl.[O-]NCl.[O-]NCl.[Rh+3]. The Bertz CT molecular complexity index is 23.7. The molecule has 0 radical (unpaired) electrons. The first-order valence-electron chi connectivity index (χ1n) is 1.18. The summed E-state index contributed by atoms with van der Waals surface area (Å²) in [6.07, 6.45) is 0. The van der Waals surface area contributed by atoms with Crippen molar-refractivity contribution in [2.24, 2.45) is 0 Å². The molecule has 3 N–H and O–H groups in total. The summed E-state index contributed by atoms with van der Waals surface area (Å²) < 4.78 is 0. The largest absolute Gasteiger partial charge is 3.00 e. The van der Waals surface area contributed by atoms with Crippen molar-refractivity contribution in [1.29, 1.82) is 0 Å². The van der Waals surface area contributed by atoms with Crippen LogP contribution in [0, 0.1) is 15.6 Å². The maximum absolute atomic E-state index is 8.45. The van der Waals surface area contributed by atoms with Crippen LogP contribution in [0.4, 0.5) is 0 Å². The molecule has 0 amide bonds. The van der Waals surface area contributed by atoms with E-state index in [0.29, 0.717) is 0 Å². The molecule has 0 spiro atoms. The molecule has 0 aromatic heterocycles. The molecule has 10 heteroatoms. The van der Waals surface area contributed by atoms with Crippen molar-refractivity contribution in [3.63, 3.8) is 0 Å². The summed E-state index contributed by atoms with van der Waals surface area (Å²) >= 11 is 12.6. The second-order valence-corrected chi connectivity index (χ2v) is 0.694. The summed E-state index contributed by atoms with van der Waals surface area (Å²) in [7, 11) is 0. The van der Waals surface area contributed by atoms with Crippen LogP contribution in [0.15, 0.2) is 0 Å². The van der Waals surface area contributed by atoms with Gasteiger partial charge in [0.05, 0.1) is 0 Å². The molecule has 0 fully saturated rings. The molecule has 10 heavy (non-hydrogen) atoms. The molecule has 0 rings (SSSR count). The van der Waals surface area contributed by atoms with Gasteiger partial charge in [0.2, 0.25) is 0 Å². The molecule has 0 atom stereocenters. The molecule has 0 saturated heterocycles. The van der Waals surface area contributed by atoms with Gasteiger partial charge in [0, 0.05) is 0 Å². The molecular formula is H3Cl3N3O3Rh. The normalized spacial score (nSPS) is 5.40. The third kappa shape index (κ3) is 401. The number of rotatable bonds is 0. The summed E-state index contributed by atoms with van der Waals surface area (Å²) in [6, 6.07) is 0. The second kappa shape index (κ2) is 48.5. The summed E-state index contributed by atoms with van der Waals surface area (Å²) in [5.41, 5.74) is 0. The fourth-order valence-electron chi connectivity index (χ4n) is 0. The van der Waals surface area contributed by atoms with E-state index in [-0.39, 0.29) is 19.5 Å². The molecule has 0 aliphatic rings. The van der Waals surface area contributed by atoms with E-state index in [1.165, 1.54) is 0 Å². The Balaban J connectivity index is -0.0000000257. The average Bonchev–Trinajstić information content (AvgIpc) is 1.70. The zero-order valence-corrected chi connectivity index (χ0v) is 8.10. The van der Waals surface area contributed by atoms with Gasteiger partial charge in [0.1, 0.15) is 0 Å². The summed E-state index contributed by atoms with van der Waals surface area (Å²) in [5.74, 6) is 0. The zero-order chi connectivity index (χ0) is 8.12. The van der Waals surface area contributed by atoms with Crippen LogP contribution in [-0.2, 0) is 19.5 Å². The first-order valence-corrected chi connectivity index (χ1v) is 2.31. The molecule has 0 bridgehead atoms. The van der Waals surface area contributed by atoms with Gasteiger partial charge in [-0.25, -0.2) is 0 Å². The zero-order valence-electron chi connectivity index (χ0n) is 4.19. The van der Waals surface area contributed by atoms with Crippen molar-refractivity contribution in [2.75, 3.05) is 0 Å². The summed E-state index contributed by atoms with van der Waals surface area (Å²) in [6.45, 7) is 0. The Morgan fingerprint density at radius 3 is 0.700 bits per heavy atom. The minimum atomic E-state index is 0. The molecule has 0 aromatic carbocycles. The van der Waals surface area contributed by atoms with E-state index < -0.39 is 0 Å². The standard InChI is InChI=1S/3ClHNO.Rh/c3*1-2-3;/h3*2H;/q3*-1;+3. The Morgan fingerprint density at radius 1 is 0.700 bits per heavy atom. The number of halogens is 3. The van der Waals surface area contributed by atoms with Gasteiger partial charge in [-0.2, -0.15) is 0 Å². The minimum absolute atomic E-state index is 0. The van der Waals surface area contributed by atoms with Crippen molar-refractivity contribution in [3.05, 3.63) is 15.6 Å². The van der Waals surface area contributed by atoms with Crippen molar-refractivity contribution in [3.8, 4) is 0 Å². The molecule has 0 aliphatic carbocycles. The monoisotopic (exact) mass is 301 g/mol. The summed E-state index contributed by atoms with van der Waals surface area (Å²) in [4.78, 5) is 2.92. The van der Waals surface area contributed by atoms with Crippen molar-refractivity contribution >= 4 is 35.3 Å². The molecular weight excluding hydrogens is 299 g/mol. The van der Waals surface area contributed by atoms with Gasteiger partial charge >= 0.3 is 19.5 Å². The predicted octanol–water partition coefficient (Wildman–Crippen LogP) is 0.680. The van der Waals surface area contributed by atoms with Gasteiger partial charge in [0.15, 0.2) is 0 Å². The molecule has 0 unspecified atom stereocenters. The quantitative estimate of drug-likeness (QED) is 0.345. The van der Waals surface area contributed by atoms with E-state index in [4.69, 9.17) is 15.6 Å². The maximum atomic E-state index is 8.45. The van der Waals surface area contributed by atoms with Crippen molar-refractivity contribution < 1.29 is 19.5 Å². The minimum Gasteiger partial charge on any atom is -0.774 e. The van der Waals surface area contributed by atoms with Crippen LogP contribution < -0.4 is 15.0 Å². The third-order valence-electron chi connectivity index (χ3n) is 0. The van der Waals surface area contributed by atoms with Crippen molar-refractivity contribution in [1.82, 2.24) is 15.0 Å². The van der Waals surface area contributed by atoms with E-state index in [1.807, 2.05) is 0 Å². The van der Waals surface area contributed by atoms with Gasteiger partial charge in [0.25, 0.3) is 0 Å².